The molecule has 0 N–H and O–H groups in total. The van der Waals surface area contributed by atoms with Gasteiger partial charge in [0.15, 0.2) is 0 Å². The third-order valence-corrected chi connectivity index (χ3v) is 3.79. The fraction of sp³-hybridized carbons (Fsp3) is 0.438. The minimum atomic E-state index is -0.328. The minimum Gasteiger partial charge on any atom is -0.372 e. The summed E-state index contributed by atoms with van der Waals surface area (Å²) in [6, 6.07) is 3.65. The van der Waals surface area contributed by atoms with Crippen molar-refractivity contribution in [1.29, 1.82) is 0 Å². The van der Waals surface area contributed by atoms with E-state index in [-0.39, 0.29) is 29.2 Å². The van der Waals surface area contributed by atoms with Crippen LogP contribution in [0.2, 0.25) is 0 Å². The second kappa shape index (κ2) is 5.53. The van der Waals surface area contributed by atoms with E-state index < -0.39 is 0 Å². The van der Waals surface area contributed by atoms with E-state index in [0.29, 0.717) is 18.7 Å². The van der Waals surface area contributed by atoms with Crippen molar-refractivity contribution in [1.82, 2.24) is 14.3 Å². The first-order chi connectivity index (χ1) is 10.5. The number of amides is 1. The van der Waals surface area contributed by atoms with Gasteiger partial charge < -0.3 is 9.64 Å². The number of carbonyl (C=O) groups excluding carboxylic acids is 1. The molecule has 0 saturated carbocycles. The van der Waals surface area contributed by atoms with Crippen molar-refractivity contribution in [2.45, 2.75) is 33.0 Å². The lowest BCUT2D eigenvalue weighted by atomic mass is 10.2. The Morgan fingerprint density at radius 1 is 1.27 bits per heavy atom. The second-order valence-corrected chi connectivity index (χ2v) is 5.88. The molecule has 0 unspecified atom stereocenters. The topological polar surface area (TPSA) is 63.9 Å². The molecular formula is C16H19N3O3. The van der Waals surface area contributed by atoms with Gasteiger partial charge in [0.05, 0.1) is 12.2 Å². The molecule has 0 bridgehead atoms. The summed E-state index contributed by atoms with van der Waals surface area (Å²) in [7, 11) is 0. The molecule has 0 aliphatic carbocycles. The van der Waals surface area contributed by atoms with Gasteiger partial charge in [-0.25, -0.2) is 4.98 Å². The standard InChI is InChI=1S/C16H19N3O3/c1-10-4-5-14-17-6-13(16(21)19(14)7-10)15(20)18-8-11(2)22-12(3)9-18/h4-7,11-12H,8-9H2,1-3H3/t11-,12-/m1/s1. The smallest absolute Gasteiger partial charge is 0.270 e. The number of fused-ring (bicyclic) bond motifs is 1. The first-order valence-corrected chi connectivity index (χ1v) is 7.38. The Hall–Kier alpha value is -2.21. The Balaban J connectivity index is 2.01. The Morgan fingerprint density at radius 2 is 1.95 bits per heavy atom. The van der Waals surface area contributed by atoms with Gasteiger partial charge in [0.1, 0.15) is 11.2 Å². The molecule has 1 amide bonds. The number of nitrogens with zero attached hydrogens (tertiary/aromatic N) is 3. The molecule has 2 aromatic heterocycles. The molecule has 0 aromatic carbocycles. The van der Waals surface area contributed by atoms with E-state index in [0.717, 1.165) is 5.56 Å². The van der Waals surface area contributed by atoms with Crippen LogP contribution in [0.1, 0.15) is 29.8 Å². The van der Waals surface area contributed by atoms with Crippen molar-refractivity contribution in [2.24, 2.45) is 0 Å². The van der Waals surface area contributed by atoms with Gasteiger partial charge in [-0.15, -0.1) is 0 Å². The molecule has 1 aliphatic rings. The number of carbonyl (C=O) groups is 1. The maximum Gasteiger partial charge on any atom is 0.270 e. The molecule has 2 atom stereocenters. The van der Waals surface area contributed by atoms with Crippen LogP contribution in [0.15, 0.2) is 29.3 Å². The first-order valence-electron chi connectivity index (χ1n) is 7.38. The number of hydrogen-bond donors (Lipinski definition) is 0. The fourth-order valence-electron chi connectivity index (χ4n) is 2.84. The fourth-order valence-corrected chi connectivity index (χ4v) is 2.84. The van der Waals surface area contributed by atoms with Crippen LogP contribution in [-0.4, -0.2) is 45.5 Å². The summed E-state index contributed by atoms with van der Waals surface area (Å²) in [5.41, 5.74) is 1.25. The van der Waals surface area contributed by atoms with Crippen LogP contribution in [-0.2, 0) is 4.74 Å². The van der Waals surface area contributed by atoms with Crippen molar-refractivity contribution in [3.63, 3.8) is 0 Å². The lowest BCUT2D eigenvalue weighted by Gasteiger charge is -2.35. The Bertz CT molecular complexity index is 774. The summed E-state index contributed by atoms with van der Waals surface area (Å²) in [6.45, 7) is 6.71. The van der Waals surface area contributed by atoms with E-state index in [2.05, 4.69) is 4.98 Å². The molecule has 1 saturated heterocycles. The zero-order valence-corrected chi connectivity index (χ0v) is 12.9. The van der Waals surface area contributed by atoms with Crippen molar-refractivity contribution >= 4 is 11.6 Å². The lowest BCUT2D eigenvalue weighted by Crippen LogP contribution is -2.49. The van der Waals surface area contributed by atoms with E-state index >= 15 is 0 Å². The average molecular weight is 301 g/mol. The summed E-state index contributed by atoms with van der Waals surface area (Å²) in [5, 5.41) is 0. The van der Waals surface area contributed by atoms with Gasteiger partial charge in [-0.1, -0.05) is 6.07 Å². The third-order valence-electron chi connectivity index (χ3n) is 3.79. The summed E-state index contributed by atoms with van der Waals surface area (Å²) >= 11 is 0. The highest BCUT2D eigenvalue weighted by atomic mass is 16.5. The van der Waals surface area contributed by atoms with Gasteiger partial charge in [-0.2, -0.15) is 0 Å². The number of aromatic nitrogens is 2. The molecule has 6 nitrogen and oxygen atoms in total. The van der Waals surface area contributed by atoms with Crippen LogP contribution in [0.3, 0.4) is 0 Å². The van der Waals surface area contributed by atoms with Gasteiger partial charge in [-0.05, 0) is 32.4 Å². The van der Waals surface area contributed by atoms with Gasteiger partial charge >= 0.3 is 0 Å². The molecule has 0 spiro atoms. The highest BCUT2D eigenvalue weighted by molar-refractivity contribution is 5.93. The van der Waals surface area contributed by atoms with Crippen LogP contribution in [0, 0.1) is 6.92 Å². The van der Waals surface area contributed by atoms with Crippen LogP contribution in [0.5, 0.6) is 0 Å². The number of aryl methyl sites for hydroxylation is 1. The van der Waals surface area contributed by atoms with Gasteiger partial charge in [0.25, 0.3) is 11.5 Å². The maximum absolute atomic E-state index is 12.7. The largest absolute Gasteiger partial charge is 0.372 e. The molecule has 6 heteroatoms. The first kappa shape index (κ1) is 14.7. The highest BCUT2D eigenvalue weighted by Gasteiger charge is 2.28. The van der Waals surface area contributed by atoms with Crippen molar-refractivity contribution in [3.8, 4) is 0 Å². The van der Waals surface area contributed by atoms with E-state index in [1.54, 1.807) is 17.2 Å². The maximum atomic E-state index is 12.7. The van der Waals surface area contributed by atoms with Gasteiger partial charge in [0.2, 0.25) is 0 Å². The van der Waals surface area contributed by atoms with Crippen LogP contribution >= 0.6 is 0 Å². The highest BCUT2D eigenvalue weighted by Crippen LogP contribution is 2.13. The normalized spacial score (nSPS) is 22.0. The predicted molar refractivity (Wildman–Crippen MR) is 82.1 cm³/mol. The summed E-state index contributed by atoms with van der Waals surface area (Å²) < 4.78 is 7.05. The van der Waals surface area contributed by atoms with Crippen LogP contribution in [0.4, 0.5) is 0 Å². The predicted octanol–water partition coefficient (Wildman–Crippen LogP) is 1.25. The third kappa shape index (κ3) is 2.62. The summed E-state index contributed by atoms with van der Waals surface area (Å²) in [5.74, 6) is -0.282. The molecule has 3 heterocycles. The zero-order chi connectivity index (χ0) is 15.9. The Labute approximate surface area is 128 Å². The van der Waals surface area contributed by atoms with Crippen LogP contribution in [0.25, 0.3) is 5.65 Å². The quantitative estimate of drug-likeness (QED) is 0.795. The van der Waals surface area contributed by atoms with E-state index in [1.807, 2.05) is 26.8 Å². The molecule has 1 aliphatic heterocycles. The zero-order valence-electron chi connectivity index (χ0n) is 12.9. The number of rotatable bonds is 1. The molecule has 116 valence electrons. The van der Waals surface area contributed by atoms with Gasteiger partial charge in [0, 0.05) is 25.5 Å². The monoisotopic (exact) mass is 301 g/mol. The molecule has 22 heavy (non-hydrogen) atoms. The van der Waals surface area contributed by atoms with Gasteiger partial charge in [-0.3, -0.25) is 14.0 Å². The second-order valence-electron chi connectivity index (χ2n) is 5.88. The van der Waals surface area contributed by atoms with Crippen molar-refractivity contribution < 1.29 is 9.53 Å². The van der Waals surface area contributed by atoms with E-state index in [4.69, 9.17) is 4.74 Å². The van der Waals surface area contributed by atoms with E-state index in [9.17, 15) is 9.59 Å². The van der Waals surface area contributed by atoms with E-state index in [1.165, 1.54) is 10.6 Å². The summed E-state index contributed by atoms with van der Waals surface area (Å²) in [6.07, 6.45) is 3.00. The SMILES string of the molecule is Cc1ccc2ncc(C(=O)N3C[C@@H](C)O[C@H](C)C3)c(=O)n2c1. The molecule has 3 rings (SSSR count). The van der Waals surface area contributed by atoms with Crippen molar-refractivity contribution in [3.05, 3.63) is 46.0 Å². The number of ether oxygens (including phenoxy) is 1. The minimum absolute atomic E-state index is 0.0360. The van der Waals surface area contributed by atoms with Crippen molar-refractivity contribution in [2.75, 3.05) is 13.1 Å². The molecule has 0 radical (unpaired) electrons. The average Bonchev–Trinajstić information content (AvgIpc) is 2.46. The van der Waals surface area contributed by atoms with Crippen LogP contribution < -0.4 is 5.56 Å². The number of hydrogen-bond acceptors (Lipinski definition) is 4. The number of morpholine rings is 1. The lowest BCUT2D eigenvalue weighted by molar-refractivity contribution is -0.0586. The molecule has 2 aromatic rings. The Morgan fingerprint density at radius 3 is 2.64 bits per heavy atom. The Kier molecular flexibility index (Phi) is 3.70. The summed E-state index contributed by atoms with van der Waals surface area (Å²) in [4.78, 5) is 31.1. The number of pyridine rings is 1. The molecular weight excluding hydrogens is 282 g/mol. The molecule has 1 fully saturated rings.